The molecule has 3 aromatic heterocycles. The van der Waals surface area contributed by atoms with E-state index in [1.165, 1.54) is 4.88 Å². The van der Waals surface area contributed by atoms with Gasteiger partial charge in [0, 0.05) is 27.5 Å². The molecule has 0 saturated heterocycles. The average molecular weight is 363 g/mol. The molecule has 0 radical (unpaired) electrons. The molecule has 0 aliphatic rings. The summed E-state index contributed by atoms with van der Waals surface area (Å²) in [6, 6.07) is 16.4. The maximum atomic E-state index is 12.7. The lowest BCUT2D eigenvalue weighted by atomic mass is 10.2. The van der Waals surface area contributed by atoms with E-state index in [0.717, 1.165) is 40.1 Å². The highest BCUT2D eigenvalue weighted by Gasteiger charge is 2.16. The van der Waals surface area contributed by atoms with Crippen molar-refractivity contribution in [3.05, 3.63) is 81.4 Å². The summed E-state index contributed by atoms with van der Waals surface area (Å²) in [5, 5.41) is 6.27. The maximum absolute atomic E-state index is 12.7. The number of rotatable bonds is 5. The van der Waals surface area contributed by atoms with Gasteiger partial charge in [0.2, 0.25) is 0 Å². The molecule has 4 nitrogen and oxygen atoms in total. The number of hydrogen-bond donors (Lipinski definition) is 2. The van der Waals surface area contributed by atoms with Crippen molar-refractivity contribution < 1.29 is 4.79 Å². The molecular weight excluding hydrogens is 342 g/mol. The smallest absolute Gasteiger partial charge is 0.253 e. The van der Waals surface area contributed by atoms with Crippen LogP contribution in [0.4, 0.5) is 0 Å². The number of aryl methyl sites for hydroxylation is 1. The molecule has 3 heterocycles. The van der Waals surface area contributed by atoms with Crippen LogP contribution in [0.15, 0.2) is 53.9 Å². The molecule has 4 aromatic rings. The number of nitrogens with one attached hydrogen (secondary N) is 2. The fourth-order valence-corrected chi connectivity index (χ4v) is 4.02. The minimum Gasteiger partial charge on any atom is -0.357 e. The first-order valence-corrected chi connectivity index (χ1v) is 9.54. The number of nitrogens with zero attached hydrogens (tertiary/aromatic N) is 1. The van der Waals surface area contributed by atoms with Gasteiger partial charge >= 0.3 is 0 Å². The summed E-state index contributed by atoms with van der Waals surface area (Å²) in [6.07, 6.45) is 0. The number of thiophene rings is 1. The largest absolute Gasteiger partial charge is 0.357 e. The van der Waals surface area contributed by atoms with Crippen LogP contribution >= 0.6 is 11.3 Å². The zero-order valence-corrected chi connectivity index (χ0v) is 15.7. The average Bonchev–Trinajstić information content (AvgIpc) is 3.35. The molecular formula is C21H21N3OS. The fourth-order valence-electron chi connectivity index (χ4n) is 3.33. The minimum atomic E-state index is -0.0332. The third-order valence-electron chi connectivity index (χ3n) is 4.74. The molecule has 132 valence electrons. The number of carbonyl (C=O) groups is 1. The molecule has 0 spiro atoms. The summed E-state index contributed by atoms with van der Waals surface area (Å²) >= 11 is 1.74. The van der Waals surface area contributed by atoms with Crippen LogP contribution in [-0.2, 0) is 13.1 Å². The van der Waals surface area contributed by atoms with E-state index >= 15 is 0 Å². The second-order valence-electron chi connectivity index (χ2n) is 6.51. The van der Waals surface area contributed by atoms with Crippen LogP contribution in [-0.4, -0.2) is 15.5 Å². The monoisotopic (exact) mass is 363 g/mol. The molecule has 0 bridgehead atoms. The zero-order chi connectivity index (χ0) is 18.1. The van der Waals surface area contributed by atoms with E-state index in [1.807, 2.05) is 31.2 Å². The molecule has 5 heteroatoms. The topological polar surface area (TPSA) is 49.8 Å². The van der Waals surface area contributed by atoms with Gasteiger partial charge in [0.25, 0.3) is 5.91 Å². The first-order valence-electron chi connectivity index (χ1n) is 8.66. The predicted octanol–water partition coefficient (Wildman–Crippen LogP) is 4.63. The van der Waals surface area contributed by atoms with Crippen LogP contribution in [0.2, 0.25) is 0 Å². The normalized spacial score (nSPS) is 11.2. The molecule has 0 saturated carbocycles. The lowest BCUT2D eigenvalue weighted by Crippen LogP contribution is -2.23. The standard InChI is InChI=1S/C21H21N3OS/c1-14-10-19(15(2)24(14)13-18-7-5-9-26-18)21(25)22-12-17-11-16-6-3-4-8-20(16)23-17/h3-11,23H,12-13H2,1-2H3,(H,22,25). The number of benzene rings is 1. The highest BCUT2D eigenvalue weighted by atomic mass is 32.1. The highest BCUT2D eigenvalue weighted by Crippen LogP contribution is 2.20. The van der Waals surface area contributed by atoms with E-state index in [9.17, 15) is 4.79 Å². The van der Waals surface area contributed by atoms with Crippen LogP contribution in [0.1, 0.15) is 32.3 Å². The van der Waals surface area contributed by atoms with Crippen LogP contribution < -0.4 is 5.32 Å². The van der Waals surface area contributed by atoms with Crippen molar-refractivity contribution in [2.45, 2.75) is 26.9 Å². The fraction of sp³-hybridized carbons (Fsp3) is 0.190. The van der Waals surface area contributed by atoms with E-state index in [2.05, 4.69) is 51.4 Å². The van der Waals surface area contributed by atoms with Gasteiger partial charge in [0.15, 0.2) is 0 Å². The van der Waals surface area contributed by atoms with Gasteiger partial charge in [0.1, 0.15) is 0 Å². The lowest BCUT2D eigenvalue weighted by molar-refractivity contribution is 0.0950. The van der Waals surface area contributed by atoms with Crippen molar-refractivity contribution in [1.82, 2.24) is 14.9 Å². The lowest BCUT2D eigenvalue weighted by Gasteiger charge is -2.08. The summed E-state index contributed by atoms with van der Waals surface area (Å²) in [7, 11) is 0. The first kappa shape index (κ1) is 16.7. The number of aromatic nitrogens is 2. The summed E-state index contributed by atoms with van der Waals surface area (Å²) in [4.78, 5) is 17.3. The van der Waals surface area contributed by atoms with Gasteiger partial charge in [-0.15, -0.1) is 11.3 Å². The zero-order valence-electron chi connectivity index (χ0n) is 14.9. The van der Waals surface area contributed by atoms with Crippen molar-refractivity contribution in [3.63, 3.8) is 0 Å². The van der Waals surface area contributed by atoms with Gasteiger partial charge in [-0.25, -0.2) is 0 Å². The number of aromatic amines is 1. The molecule has 2 N–H and O–H groups in total. The van der Waals surface area contributed by atoms with E-state index in [-0.39, 0.29) is 5.91 Å². The predicted molar refractivity (Wildman–Crippen MR) is 107 cm³/mol. The Bertz CT molecular complexity index is 1020. The molecule has 0 aliphatic heterocycles. The van der Waals surface area contributed by atoms with Crippen molar-refractivity contribution in [2.24, 2.45) is 0 Å². The summed E-state index contributed by atoms with van der Waals surface area (Å²) in [6.45, 7) is 5.36. The first-order chi connectivity index (χ1) is 12.6. The molecule has 26 heavy (non-hydrogen) atoms. The molecule has 0 atom stereocenters. The van der Waals surface area contributed by atoms with Crippen LogP contribution in [0.3, 0.4) is 0 Å². The second-order valence-corrected chi connectivity index (χ2v) is 7.55. The van der Waals surface area contributed by atoms with Gasteiger partial charge in [-0.05, 0) is 48.9 Å². The Hall–Kier alpha value is -2.79. The van der Waals surface area contributed by atoms with Gasteiger partial charge in [-0.3, -0.25) is 4.79 Å². The number of carbonyl (C=O) groups excluding carboxylic acids is 1. The molecule has 4 rings (SSSR count). The van der Waals surface area contributed by atoms with Crippen molar-refractivity contribution >= 4 is 28.1 Å². The minimum absolute atomic E-state index is 0.0332. The second kappa shape index (κ2) is 6.84. The molecule has 0 fully saturated rings. The number of amides is 1. The Balaban J connectivity index is 1.49. The number of H-pyrrole nitrogens is 1. The van der Waals surface area contributed by atoms with Gasteiger partial charge in [-0.1, -0.05) is 24.3 Å². The quantitative estimate of drug-likeness (QED) is 0.534. The Morgan fingerprint density at radius 3 is 2.77 bits per heavy atom. The number of hydrogen-bond acceptors (Lipinski definition) is 2. The van der Waals surface area contributed by atoms with E-state index in [1.54, 1.807) is 11.3 Å². The number of fused-ring (bicyclic) bond motifs is 1. The molecule has 1 amide bonds. The SMILES string of the molecule is Cc1cc(C(=O)NCc2cc3ccccc3[nH]2)c(C)n1Cc1cccs1. The molecule has 0 aliphatic carbocycles. The third kappa shape index (κ3) is 3.18. The Labute approximate surface area is 156 Å². The molecule has 1 aromatic carbocycles. The van der Waals surface area contributed by atoms with E-state index < -0.39 is 0 Å². The van der Waals surface area contributed by atoms with Crippen LogP contribution in [0.5, 0.6) is 0 Å². The van der Waals surface area contributed by atoms with Crippen molar-refractivity contribution in [1.29, 1.82) is 0 Å². The summed E-state index contributed by atoms with van der Waals surface area (Å²) in [5.74, 6) is -0.0332. The summed E-state index contributed by atoms with van der Waals surface area (Å²) < 4.78 is 2.20. The van der Waals surface area contributed by atoms with Gasteiger partial charge in [-0.2, -0.15) is 0 Å². The molecule has 0 unspecified atom stereocenters. The van der Waals surface area contributed by atoms with Gasteiger partial charge < -0.3 is 14.9 Å². The van der Waals surface area contributed by atoms with E-state index in [4.69, 9.17) is 0 Å². The van der Waals surface area contributed by atoms with Gasteiger partial charge in [0.05, 0.1) is 18.7 Å². The Morgan fingerprint density at radius 2 is 2.00 bits per heavy atom. The highest BCUT2D eigenvalue weighted by molar-refractivity contribution is 7.09. The van der Waals surface area contributed by atoms with Crippen LogP contribution in [0.25, 0.3) is 10.9 Å². The van der Waals surface area contributed by atoms with E-state index in [0.29, 0.717) is 6.54 Å². The van der Waals surface area contributed by atoms with Crippen LogP contribution in [0, 0.1) is 13.8 Å². The number of para-hydroxylation sites is 1. The maximum Gasteiger partial charge on any atom is 0.253 e. The van der Waals surface area contributed by atoms with Crippen molar-refractivity contribution in [2.75, 3.05) is 0 Å². The summed E-state index contributed by atoms with van der Waals surface area (Å²) in [5.41, 5.74) is 4.95. The van der Waals surface area contributed by atoms with Crippen molar-refractivity contribution in [3.8, 4) is 0 Å². The Kier molecular flexibility index (Phi) is 4.39. The third-order valence-corrected chi connectivity index (χ3v) is 5.60. The Morgan fingerprint density at radius 1 is 1.15 bits per heavy atom.